The summed E-state index contributed by atoms with van der Waals surface area (Å²) in [6.45, 7) is 0.933. The molecule has 1 atom stereocenters. The topological polar surface area (TPSA) is 115 Å². The first-order valence-corrected chi connectivity index (χ1v) is 8.63. The standard InChI is InChI=1S/C17H18N4O6/c1-25-16(23)14-9-26-17(24)21(14)11-4-6-20(7-5-11)15(22)10-2-3-12-13(8-10)19-27-18-12/h2-3,8,11,14H,4-7,9H2,1H3. The summed E-state index contributed by atoms with van der Waals surface area (Å²) < 4.78 is 14.4. The molecule has 0 saturated carbocycles. The fraction of sp³-hybridized carbons (Fsp3) is 0.471. The van der Waals surface area contributed by atoms with Gasteiger partial charge in [0.15, 0.2) is 6.04 Å². The predicted octanol–water partition coefficient (Wildman–Crippen LogP) is 0.821. The summed E-state index contributed by atoms with van der Waals surface area (Å²) in [5.41, 5.74) is 1.62. The lowest BCUT2D eigenvalue weighted by Crippen LogP contribution is -2.51. The molecule has 1 aromatic heterocycles. The number of hydrogen-bond acceptors (Lipinski definition) is 8. The number of fused-ring (bicyclic) bond motifs is 1. The lowest BCUT2D eigenvalue weighted by atomic mass is 10.0. The third-order valence-electron chi connectivity index (χ3n) is 5.03. The van der Waals surface area contributed by atoms with E-state index < -0.39 is 18.1 Å². The number of esters is 1. The van der Waals surface area contributed by atoms with E-state index in [1.165, 1.54) is 12.0 Å². The number of cyclic esters (lactones) is 1. The van der Waals surface area contributed by atoms with Gasteiger partial charge in [0.1, 0.15) is 17.6 Å². The van der Waals surface area contributed by atoms with Crippen LogP contribution in [0.15, 0.2) is 22.8 Å². The van der Waals surface area contributed by atoms with Gasteiger partial charge < -0.3 is 14.4 Å². The average Bonchev–Trinajstić information content (AvgIpc) is 3.32. The summed E-state index contributed by atoms with van der Waals surface area (Å²) in [7, 11) is 1.28. The molecule has 2 aliphatic heterocycles. The zero-order chi connectivity index (χ0) is 19.0. The van der Waals surface area contributed by atoms with Gasteiger partial charge >= 0.3 is 12.1 Å². The van der Waals surface area contributed by atoms with E-state index in [9.17, 15) is 14.4 Å². The van der Waals surface area contributed by atoms with Crippen LogP contribution in [-0.2, 0) is 14.3 Å². The zero-order valence-electron chi connectivity index (χ0n) is 14.7. The minimum absolute atomic E-state index is 0.00357. The molecule has 10 nitrogen and oxygen atoms in total. The number of nitrogens with zero attached hydrogens (tertiary/aromatic N) is 4. The van der Waals surface area contributed by atoms with Crippen LogP contribution in [-0.4, -0.2) is 77.0 Å². The quantitative estimate of drug-likeness (QED) is 0.725. The highest BCUT2D eigenvalue weighted by Gasteiger charge is 2.44. The Kier molecular flexibility index (Phi) is 4.38. The molecule has 0 N–H and O–H groups in total. The third kappa shape index (κ3) is 3.07. The Bertz CT molecular complexity index is 888. The molecule has 2 aliphatic rings. The number of rotatable bonds is 3. The molecule has 1 aromatic carbocycles. The number of carbonyl (C=O) groups excluding carboxylic acids is 3. The van der Waals surface area contributed by atoms with Crippen molar-refractivity contribution >= 4 is 29.0 Å². The second-order valence-electron chi connectivity index (χ2n) is 6.51. The molecule has 0 bridgehead atoms. The summed E-state index contributed by atoms with van der Waals surface area (Å²) in [5.74, 6) is -0.610. The van der Waals surface area contributed by atoms with E-state index in [0.717, 1.165) is 0 Å². The smallest absolute Gasteiger partial charge is 0.410 e. The van der Waals surface area contributed by atoms with Crippen molar-refractivity contribution in [2.75, 3.05) is 26.8 Å². The van der Waals surface area contributed by atoms with Gasteiger partial charge in [-0.3, -0.25) is 9.69 Å². The molecule has 2 saturated heterocycles. The molecule has 27 heavy (non-hydrogen) atoms. The molecule has 4 rings (SSSR count). The van der Waals surface area contributed by atoms with Gasteiger partial charge in [-0.05, 0) is 41.4 Å². The van der Waals surface area contributed by atoms with Gasteiger partial charge in [-0.1, -0.05) is 0 Å². The molecule has 0 aliphatic carbocycles. The number of methoxy groups -OCH3 is 1. The number of benzene rings is 1. The highest BCUT2D eigenvalue weighted by molar-refractivity contribution is 5.97. The van der Waals surface area contributed by atoms with Crippen molar-refractivity contribution in [3.63, 3.8) is 0 Å². The van der Waals surface area contributed by atoms with Crippen molar-refractivity contribution in [3.05, 3.63) is 23.8 Å². The number of piperidine rings is 1. The van der Waals surface area contributed by atoms with Crippen molar-refractivity contribution in [3.8, 4) is 0 Å². The lowest BCUT2D eigenvalue weighted by molar-refractivity contribution is -0.145. The molecule has 0 spiro atoms. The minimum atomic E-state index is -0.725. The maximum atomic E-state index is 12.7. The Balaban J connectivity index is 1.43. The highest BCUT2D eigenvalue weighted by atomic mass is 16.6. The Hall–Kier alpha value is -3.17. The molecule has 142 valence electrons. The average molecular weight is 374 g/mol. The van der Waals surface area contributed by atoms with Crippen LogP contribution in [0.5, 0.6) is 0 Å². The van der Waals surface area contributed by atoms with Crippen molar-refractivity contribution in [1.82, 2.24) is 20.1 Å². The summed E-state index contributed by atoms with van der Waals surface area (Å²) >= 11 is 0. The van der Waals surface area contributed by atoms with Gasteiger partial charge in [0, 0.05) is 24.7 Å². The van der Waals surface area contributed by atoms with Crippen LogP contribution in [0.1, 0.15) is 23.2 Å². The molecule has 3 heterocycles. The number of amides is 2. The first-order valence-electron chi connectivity index (χ1n) is 8.63. The van der Waals surface area contributed by atoms with Gasteiger partial charge in [0.2, 0.25) is 0 Å². The van der Waals surface area contributed by atoms with Gasteiger partial charge in [-0.15, -0.1) is 0 Å². The Morgan fingerprint density at radius 1 is 1.19 bits per heavy atom. The van der Waals surface area contributed by atoms with E-state index in [-0.39, 0.29) is 18.6 Å². The molecule has 2 amide bonds. The molecule has 1 unspecified atom stereocenters. The van der Waals surface area contributed by atoms with Crippen LogP contribution < -0.4 is 0 Å². The normalized spacial score (nSPS) is 20.8. The first kappa shape index (κ1) is 17.3. The van der Waals surface area contributed by atoms with Gasteiger partial charge in [0.05, 0.1) is 7.11 Å². The number of ether oxygens (including phenoxy) is 2. The number of hydrogen-bond donors (Lipinski definition) is 0. The maximum Gasteiger partial charge on any atom is 0.410 e. The Morgan fingerprint density at radius 2 is 1.93 bits per heavy atom. The summed E-state index contributed by atoms with van der Waals surface area (Å²) in [6.07, 6.45) is 0.601. The largest absolute Gasteiger partial charge is 0.467 e. The van der Waals surface area contributed by atoms with Crippen LogP contribution in [0.2, 0.25) is 0 Å². The molecular weight excluding hydrogens is 356 g/mol. The van der Waals surface area contributed by atoms with Crippen LogP contribution in [0.4, 0.5) is 4.79 Å². The van der Waals surface area contributed by atoms with Crippen LogP contribution in [0.25, 0.3) is 11.0 Å². The summed E-state index contributed by atoms with van der Waals surface area (Å²) in [4.78, 5) is 39.8. The fourth-order valence-electron chi connectivity index (χ4n) is 3.60. The van der Waals surface area contributed by atoms with Crippen molar-refractivity contribution in [1.29, 1.82) is 0 Å². The number of carbonyl (C=O) groups is 3. The molecule has 2 fully saturated rings. The molecular formula is C17H18N4O6. The van der Waals surface area contributed by atoms with E-state index in [1.54, 1.807) is 23.1 Å². The van der Waals surface area contributed by atoms with Gasteiger partial charge in [-0.25, -0.2) is 14.2 Å². The van der Waals surface area contributed by atoms with Gasteiger partial charge in [0.25, 0.3) is 5.91 Å². The van der Waals surface area contributed by atoms with E-state index in [4.69, 9.17) is 9.47 Å². The van der Waals surface area contributed by atoms with E-state index in [1.807, 2.05) is 0 Å². The highest BCUT2D eigenvalue weighted by Crippen LogP contribution is 2.25. The van der Waals surface area contributed by atoms with Crippen molar-refractivity contribution in [2.24, 2.45) is 0 Å². The third-order valence-corrected chi connectivity index (χ3v) is 5.03. The van der Waals surface area contributed by atoms with E-state index in [2.05, 4.69) is 14.9 Å². The first-order chi connectivity index (χ1) is 13.1. The molecule has 10 heteroatoms. The van der Waals surface area contributed by atoms with Crippen LogP contribution >= 0.6 is 0 Å². The van der Waals surface area contributed by atoms with Crippen LogP contribution in [0.3, 0.4) is 0 Å². The van der Waals surface area contributed by atoms with Crippen molar-refractivity contribution in [2.45, 2.75) is 24.9 Å². The number of aromatic nitrogens is 2. The fourth-order valence-corrected chi connectivity index (χ4v) is 3.60. The lowest BCUT2D eigenvalue weighted by Gasteiger charge is -2.37. The monoisotopic (exact) mass is 374 g/mol. The molecule has 2 aromatic rings. The van der Waals surface area contributed by atoms with Gasteiger partial charge in [-0.2, -0.15) is 0 Å². The van der Waals surface area contributed by atoms with E-state index in [0.29, 0.717) is 42.5 Å². The summed E-state index contributed by atoms with van der Waals surface area (Å²) in [5, 5.41) is 7.48. The van der Waals surface area contributed by atoms with Crippen LogP contribution in [0, 0.1) is 0 Å². The minimum Gasteiger partial charge on any atom is -0.467 e. The van der Waals surface area contributed by atoms with Crippen molar-refractivity contribution < 1.29 is 28.5 Å². The second kappa shape index (κ2) is 6.86. The molecule has 0 radical (unpaired) electrons. The number of likely N-dealkylation sites (tertiary alicyclic amines) is 1. The SMILES string of the molecule is COC(=O)C1COC(=O)N1C1CCN(C(=O)c2ccc3nonc3c2)CC1. The maximum absolute atomic E-state index is 12.7. The Morgan fingerprint density at radius 3 is 2.67 bits per heavy atom. The summed E-state index contributed by atoms with van der Waals surface area (Å²) in [6, 6.07) is 4.12. The second-order valence-corrected chi connectivity index (χ2v) is 6.51. The van der Waals surface area contributed by atoms with E-state index >= 15 is 0 Å². The predicted molar refractivity (Wildman–Crippen MR) is 89.7 cm³/mol. The Labute approximate surface area is 153 Å². The zero-order valence-corrected chi connectivity index (χ0v) is 14.7.